The molecule has 1 saturated carbocycles. The second-order valence-corrected chi connectivity index (χ2v) is 6.80. The number of ether oxygens (including phenoxy) is 1. The Hall–Kier alpha value is -0.680. The van der Waals surface area contributed by atoms with Gasteiger partial charge in [-0.25, -0.2) is 0 Å². The van der Waals surface area contributed by atoms with Crippen LogP contribution < -0.4 is 10.1 Å². The van der Waals surface area contributed by atoms with Crippen molar-refractivity contribution in [2.75, 3.05) is 6.61 Å². The van der Waals surface area contributed by atoms with Crippen molar-refractivity contribution in [2.24, 2.45) is 5.41 Å². The van der Waals surface area contributed by atoms with Crippen molar-refractivity contribution in [3.05, 3.63) is 5.01 Å². The minimum Gasteiger partial charge on any atom is -0.469 e. The number of rotatable bonds is 6. The lowest BCUT2D eigenvalue weighted by atomic mass is 9.93. The van der Waals surface area contributed by atoms with E-state index < -0.39 is 0 Å². The highest BCUT2D eigenvalue weighted by Crippen LogP contribution is 2.23. The summed E-state index contributed by atoms with van der Waals surface area (Å²) in [7, 11) is 0. The highest BCUT2D eigenvalue weighted by atomic mass is 32.1. The van der Waals surface area contributed by atoms with E-state index in [0.29, 0.717) is 23.3 Å². The normalized spacial score (nSPS) is 16.2. The topological polar surface area (TPSA) is 47.0 Å². The second kappa shape index (κ2) is 5.31. The third-order valence-corrected chi connectivity index (χ3v) is 3.48. The predicted molar refractivity (Wildman–Crippen MR) is 69.3 cm³/mol. The van der Waals surface area contributed by atoms with Gasteiger partial charge in [-0.2, -0.15) is 0 Å². The summed E-state index contributed by atoms with van der Waals surface area (Å²) >= 11 is 1.55. The molecule has 0 unspecified atom stereocenters. The number of aromatic nitrogens is 2. The Morgan fingerprint density at radius 3 is 2.76 bits per heavy atom. The minimum absolute atomic E-state index is 0.307. The molecule has 4 nitrogen and oxygen atoms in total. The van der Waals surface area contributed by atoms with E-state index in [4.69, 9.17) is 4.74 Å². The Kier molecular flexibility index (Phi) is 3.99. The van der Waals surface area contributed by atoms with E-state index in [-0.39, 0.29) is 0 Å². The molecule has 2 rings (SSSR count). The Morgan fingerprint density at radius 1 is 1.35 bits per heavy atom. The summed E-state index contributed by atoms with van der Waals surface area (Å²) in [6.07, 6.45) is 3.63. The first kappa shape index (κ1) is 12.8. The molecular formula is C12H21N3OS. The van der Waals surface area contributed by atoms with Gasteiger partial charge in [0.2, 0.25) is 0 Å². The van der Waals surface area contributed by atoms with Crippen molar-refractivity contribution in [2.45, 2.75) is 52.6 Å². The molecule has 0 amide bonds. The van der Waals surface area contributed by atoms with Gasteiger partial charge in [-0.1, -0.05) is 32.1 Å². The Morgan fingerprint density at radius 2 is 2.12 bits per heavy atom. The second-order valence-electron chi connectivity index (χ2n) is 5.78. The lowest BCUT2D eigenvalue weighted by Crippen LogP contribution is -2.14. The fourth-order valence-corrected chi connectivity index (χ4v) is 1.99. The molecule has 0 atom stereocenters. The summed E-state index contributed by atoms with van der Waals surface area (Å²) in [5.41, 5.74) is 0.307. The van der Waals surface area contributed by atoms with Gasteiger partial charge in [0.15, 0.2) is 0 Å². The molecule has 0 spiro atoms. The van der Waals surface area contributed by atoms with E-state index in [1.54, 1.807) is 11.3 Å². The monoisotopic (exact) mass is 255 g/mol. The average Bonchev–Trinajstić information content (AvgIpc) is 2.95. The summed E-state index contributed by atoms with van der Waals surface area (Å²) in [5, 5.41) is 13.3. The maximum absolute atomic E-state index is 5.60. The quantitative estimate of drug-likeness (QED) is 0.849. The smallest absolute Gasteiger partial charge is 0.294 e. The van der Waals surface area contributed by atoms with Crippen molar-refractivity contribution in [3.8, 4) is 5.19 Å². The van der Waals surface area contributed by atoms with Crippen LogP contribution in [0.4, 0.5) is 0 Å². The van der Waals surface area contributed by atoms with Crippen LogP contribution in [-0.4, -0.2) is 22.8 Å². The number of hydrogen-bond donors (Lipinski definition) is 1. The molecule has 0 radical (unpaired) electrons. The molecule has 5 heteroatoms. The number of nitrogens with zero attached hydrogens (tertiary/aromatic N) is 2. The van der Waals surface area contributed by atoms with E-state index in [1.807, 2.05) is 0 Å². The van der Waals surface area contributed by atoms with Gasteiger partial charge in [-0.05, 0) is 24.7 Å². The summed E-state index contributed by atoms with van der Waals surface area (Å²) in [6.45, 7) is 8.17. The maximum atomic E-state index is 5.60. The van der Waals surface area contributed by atoms with Crippen LogP contribution in [0.1, 0.15) is 45.0 Å². The number of nitrogens with one attached hydrogen (secondary N) is 1. The van der Waals surface area contributed by atoms with Crippen LogP contribution in [0.2, 0.25) is 0 Å². The molecule has 0 aliphatic heterocycles. The van der Waals surface area contributed by atoms with Gasteiger partial charge >= 0.3 is 0 Å². The van der Waals surface area contributed by atoms with Gasteiger partial charge in [0, 0.05) is 6.04 Å². The van der Waals surface area contributed by atoms with Crippen molar-refractivity contribution in [1.82, 2.24) is 15.5 Å². The largest absolute Gasteiger partial charge is 0.469 e. The first-order valence-corrected chi connectivity index (χ1v) is 7.03. The molecule has 0 saturated heterocycles. The van der Waals surface area contributed by atoms with E-state index >= 15 is 0 Å². The zero-order valence-electron chi connectivity index (χ0n) is 10.8. The molecular weight excluding hydrogens is 234 g/mol. The van der Waals surface area contributed by atoms with Gasteiger partial charge < -0.3 is 10.1 Å². The molecule has 1 heterocycles. The van der Waals surface area contributed by atoms with Crippen LogP contribution in [0, 0.1) is 5.41 Å². The van der Waals surface area contributed by atoms with Crippen LogP contribution >= 0.6 is 11.3 Å². The summed E-state index contributed by atoms with van der Waals surface area (Å²) < 4.78 is 5.60. The summed E-state index contributed by atoms with van der Waals surface area (Å²) in [5.74, 6) is 0. The molecule has 17 heavy (non-hydrogen) atoms. The molecule has 1 fully saturated rings. The molecule has 0 bridgehead atoms. The molecule has 1 aromatic heterocycles. The fourth-order valence-electron chi connectivity index (χ4n) is 1.33. The van der Waals surface area contributed by atoms with Gasteiger partial charge in [0.1, 0.15) is 5.01 Å². The zero-order chi connectivity index (χ0) is 12.3. The first-order chi connectivity index (χ1) is 8.03. The Balaban J connectivity index is 1.69. The molecule has 1 aromatic rings. The van der Waals surface area contributed by atoms with Crippen LogP contribution in [0.25, 0.3) is 0 Å². The third kappa shape index (κ3) is 5.00. The van der Waals surface area contributed by atoms with Crippen LogP contribution in [0.5, 0.6) is 5.19 Å². The first-order valence-electron chi connectivity index (χ1n) is 6.21. The standard InChI is InChI=1S/C12H21N3OS/c1-12(2,3)6-7-16-11-15-14-10(17-11)8-13-9-4-5-9/h9,13H,4-8H2,1-3H3. The molecule has 0 aromatic carbocycles. The van der Waals surface area contributed by atoms with Crippen LogP contribution in [0.15, 0.2) is 0 Å². The van der Waals surface area contributed by atoms with E-state index in [0.717, 1.165) is 18.0 Å². The highest BCUT2D eigenvalue weighted by Gasteiger charge is 2.20. The molecule has 1 aliphatic rings. The molecule has 96 valence electrons. The van der Waals surface area contributed by atoms with Crippen LogP contribution in [-0.2, 0) is 6.54 Å². The maximum Gasteiger partial charge on any atom is 0.294 e. The summed E-state index contributed by atoms with van der Waals surface area (Å²) in [4.78, 5) is 0. The molecule has 1 N–H and O–H groups in total. The summed E-state index contributed by atoms with van der Waals surface area (Å²) in [6, 6.07) is 0.712. The zero-order valence-corrected chi connectivity index (χ0v) is 11.6. The van der Waals surface area contributed by atoms with Crippen LogP contribution in [0.3, 0.4) is 0 Å². The van der Waals surface area contributed by atoms with Gasteiger partial charge in [-0.15, -0.1) is 10.2 Å². The predicted octanol–water partition coefficient (Wildman–Crippen LogP) is 2.61. The van der Waals surface area contributed by atoms with Gasteiger partial charge in [-0.3, -0.25) is 0 Å². The lowest BCUT2D eigenvalue weighted by molar-refractivity contribution is 0.241. The van der Waals surface area contributed by atoms with Crippen molar-refractivity contribution >= 4 is 11.3 Å². The number of hydrogen-bond acceptors (Lipinski definition) is 5. The van der Waals surface area contributed by atoms with E-state index in [2.05, 4.69) is 36.3 Å². The van der Waals surface area contributed by atoms with Crippen molar-refractivity contribution in [1.29, 1.82) is 0 Å². The van der Waals surface area contributed by atoms with Gasteiger partial charge in [0.25, 0.3) is 5.19 Å². The van der Waals surface area contributed by atoms with Crippen molar-refractivity contribution in [3.63, 3.8) is 0 Å². The lowest BCUT2D eigenvalue weighted by Gasteiger charge is -2.16. The van der Waals surface area contributed by atoms with Crippen molar-refractivity contribution < 1.29 is 4.74 Å². The third-order valence-electron chi connectivity index (χ3n) is 2.65. The highest BCUT2D eigenvalue weighted by molar-refractivity contribution is 7.13. The SMILES string of the molecule is CC(C)(C)CCOc1nnc(CNC2CC2)s1. The molecule has 1 aliphatic carbocycles. The van der Waals surface area contributed by atoms with E-state index in [9.17, 15) is 0 Å². The Labute approximate surface area is 107 Å². The fraction of sp³-hybridized carbons (Fsp3) is 0.833. The Bertz CT molecular complexity index is 355. The van der Waals surface area contributed by atoms with Gasteiger partial charge in [0.05, 0.1) is 13.2 Å². The minimum atomic E-state index is 0.307. The average molecular weight is 255 g/mol. The van der Waals surface area contributed by atoms with E-state index in [1.165, 1.54) is 12.8 Å².